The van der Waals surface area contributed by atoms with E-state index in [4.69, 9.17) is 46.6 Å². The maximum Gasteiger partial charge on any atom is 0.307 e. The third kappa shape index (κ3) is 5.64. The summed E-state index contributed by atoms with van der Waals surface area (Å²) in [5.74, 6) is 0.945. The summed E-state index contributed by atoms with van der Waals surface area (Å²) in [5, 5.41) is 14.2. The Morgan fingerprint density at radius 3 is 2.67 bits per heavy atom. The lowest BCUT2D eigenvalue weighted by atomic mass is 10.2. The van der Waals surface area contributed by atoms with Gasteiger partial charge in [-0.2, -0.15) is 18.7 Å². The summed E-state index contributed by atoms with van der Waals surface area (Å²) in [6.45, 7) is 0.0256. The molecule has 0 saturated carbocycles. The van der Waals surface area contributed by atoms with Crippen LogP contribution in [0.25, 0.3) is 11.1 Å². The van der Waals surface area contributed by atoms with Crippen molar-refractivity contribution in [3.63, 3.8) is 0 Å². The third-order valence-corrected chi connectivity index (χ3v) is 5.14. The fourth-order valence-electron chi connectivity index (χ4n) is 2.78. The lowest BCUT2D eigenvalue weighted by Crippen LogP contribution is -2.06. The number of aromatic nitrogens is 2. The number of fused-ring (bicyclic) bond motifs is 1. The van der Waals surface area contributed by atoms with Gasteiger partial charge < -0.3 is 18.2 Å². The van der Waals surface area contributed by atoms with E-state index in [0.29, 0.717) is 43.9 Å². The van der Waals surface area contributed by atoms with Crippen molar-refractivity contribution in [2.24, 2.45) is 0 Å². The smallest absolute Gasteiger partial charge is 0.307 e. The SMILES string of the molecule is CS(=O)(=O)Oc1ccc2c(COc3ccc(Cl)c(Oc4cc(Cl)cc(C#N)c4)c3)noc2n1. The van der Waals surface area contributed by atoms with Crippen molar-refractivity contribution in [3.8, 4) is 29.2 Å². The molecule has 0 atom stereocenters. The lowest BCUT2D eigenvalue weighted by molar-refractivity contribution is 0.290. The van der Waals surface area contributed by atoms with E-state index in [1.54, 1.807) is 30.3 Å². The predicted octanol–water partition coefficient (Wildman–Crippen LogP) is 5.11. The topological polar surface area (TPSA) is 125 Å². The molecule has 33 heavy (non-hydrogen) atoms. The van der Waals surface area contributed by atoms with Crippen molar-refractivity contribution < 1.29 is 26.6 Å². The second kappa shape index (κ2) is 9.15. The van der Waals surface area contributed by atoms with E-state index in [1.807, 2.05) is 6.07 Å². The van der Waals surface area contributed by atoms with Gasteiger partial charge in [-0.05, 0) is 36.4 Å². The van der Waals surface area contributed by atoms with Crippen LogP contribution in [0.3, 0.4) is 0 Å². The zero-order valence-corrected chi connectivity index (χ0v) is 19.1. The maximum atomic E-state index is 11.2. The molecule has 0 spiro atoms. The number of hydrogen-bond acceptors (Lipinski definition) is 9. The number of benzene rings is 2. The van der Waals surface area contributed by atoms with Crippen LogP contribution in [0, 0.1) is 11.3 Å². The number of rotatable bonds is 7. The molecule has 0 radical (unpaired) electrons. The van der Waals surface area contributed by atoms with E-state index in [1.165, 1.54) is 18.2 Å². The molecule has 0 aliphatic rings. The average Bonchev–Trinajstić information content (AvgIpc) is 3.15. The van der Waals surface area contributed by atoms with Gasteiger partial charge in [-0.1, -0.05) is 28.4 Å². The van der Waals surface area contributed by atoms with Crippen LogP contribution >= 0.6 is 23.2 Å². The first-order chi connectivity index (χ1) is 15.7. The van der Waals surface area contributed by atoms with Crippen LogP contribution in [0.5, 0.6) is 23.1 Å². The molecule has 4 aromatic rings. The highest BCUT2D eigenvalue weighted by atomic mass is 35.5. The highest BCUT2D eigenvalue weighted by Gasteiger charge is 2.14. The van der Waals surface area contributed by atoms with E-state index in [2.05, 4.69) is 10.1 Å². The molecule has 2 aromatic heterocycles. The average molecular weight is 506 g/mol. The molecule has 0 amide bonds. The number of halogens is 2. The second-order valence-corrected chi connectivity index (χ2v) is 9.11. The Kier molecular flexibility index (Phi) is 6.29. The van der Waals surface area contributed by atoms with Gasteiger partial charge in [-0.3, -0.25) is 0 Å². The Labute approximate surface area is 198 Å². The molecule has 12 heteroatoms. The lowest BCUT2D eigenvalue weighted by Gasteiger charge is -2.11. The molecule has 4 rings (SSSR count). The third-order valence-electron chi connectivity index (χ3n) is 4.13. The first-order valence-electron chi connectivity index (χ1n) is 9.16. The Morgan fingerprint density at radius 2 is 1.91 bits per heavy atom. The van der Waals surface area contributed by atoms with Gasteiger partial charge in [0.1, 0.15) is 29.5 Å². The predicted molar refractivity (Wildman–Crippen MR) is 119 cm³/mol. The minimum Gasteiger partial charge on any atom is -0.487 e. The van der Waals surface area contributed by atoms with Gasteiger partial charge in [-0.15, -0.1) is 0 Å². The molecule has 0 unspecified atom stereocenters. The summed E-state index contributed by atoms with van der Waals surface area (Å²) in [4.78, 5) is 3.97. The number of ether oxygens (including phenoxy) is 2. The molecule has 0 fully saturated rings. The van der Waals surface area contributed by atoms with Crippen molar-refractivity contribution in [2.45, 2.75) is 6.61 Å². The zero-order valence-electron chi connectivity index (χ0n) is 16.8. The van der Waals surface area contributed by atoms with Crippen molar-refractivity contribution in [3.05, 3.63) is 69.8 Å². The number of nitriles is 1. The number of nitrogens with zero attached hydrogens (tertiary/aromatic N) is 3. The van der Waals surface area contributed by atoms with E-state index in [-0.39, 0.29) is 18.2 Å². The maximum absolute atomic E-state index is 11.2. The molecule has 0 aliphatic heterocycles. The molecule has 0 aliphatic carbocycles. The Balaban J connectivity index is 1.51. The van der Waals surface area contributed by atoms with Crippen LogP contribution in [-0.2, 0) is 16.7 Å². The van der Waals surface area contributed by atoms with E-state index in [0.717, 1.165) is 6.26 Å². The fourth-order valence-corrected chi connectivity index (χ4v) is 3.57. The normalized spacial score (nSPS) is 11.2. The largest absolute Gasteiger partial charge is 0.487 e. The Morgan fingerprint density at radius 1 is 1.09 bits per heavy atom. The summed E-state index contributed by atoms with van der Waals surface area (Å²) in [5.41, 5.74) is 0.885. The standard InChI is InChI=1S/C21H13Cl2N3O6S/c1-33(27,28)32-20-5-3-16-18(26-31-21(16)25-20)11-29-14-2-4-17(23)19(9-14)30-15-7-12(10-24)6-13(22)8-15/h2-9H,11H2,1H3. The van der Waals surface area contributed by atoms with Crippen molar-refractivity contribution >= 4 is 44.4 Å². The Hall–Kier alpha value is -3.52. The summed E-state index contributed by atoms with van der Waals surface area (Å²) >= 11 is 12.2. The van der Waals surface area contributed by atoms with Crippen LogP contribution < -0.4 is 13.7 Å². The molecule has 168 valence electrons. The van der Waals surface area contributed by atoms with Gasteiger partial charge in [0.25, 0.3) is 5.71 Å². The molecule has 0 bridgehead atoms. The van der Waals surface area contributed by atoms with Gasteiger partial charge in [0.15, 0.2) is 0 Å². The molecule has 0 N–H and O–H groups in total. The molecule has 9 nitrogen and oxygen atoms in total. The van der Waals surface area contributed by atoms with Crippen molar-refractivity contribution in [1.29, 1.82) is 5.26 Å². The van der Waals surface area contributed by atoms with Gasteiger partial charge in [0, 0.05) is 17.2 Å². The van der Waals surface area contributed by atoms with Gasteiger partial charge in [-0.25, -0.2) is 0 Å². The molecular weight excluding hydrogens is 493 g/mol. The van der Waals surface area contributed by atoms with Crippen molar-refractivity contribution in [1.82, 2.24) is 10.1 Å². The highest BCUT2D eigenvalue weighted by Crippen LogP contribution is 2.34. The van der Waals surface area contributed by atoms with Crippen LogP contribution in [0.2, 0.25) is 10.0 Å². The van der Waals surface area contributed by atoms with Crippen LogP contribution in [0.4, 0.5) is 0 Å². The van der Waals surface area contributed by atoms with Crippen LogP contribution in [0.1, 0.15) is 11.3 Å². The molecule has 2 aromatic carbocycles. The van der Waals surface area contributed by atoms with Gasteiger partial charge >= 0.3 is 10.1 Å². The summed E-state index contributed by atoms with van der Waals surface area (Å²) in [7, 11) is -3.72. The van der Waals surface area contributed by atoms with E-state index in [9.17, 15) is 8.42 Å². The first-order valence-corrected chi connectivity index (χ1v) is 11.7. The monoisotopic (exact) mass is 505 g/mol. The summed E-state index contributed by atoms with van der Waals surface area (Å²) in [6, 6.07) is 14.4. The Bertz CT molecular complexity index is 1500. The minimum atomic E-state index is -3.72. The second-order valence-electron chi connectivity index (χ2n) is 6.69. The molecular formula is C21H13Cl2N3O6S. The minimum absolute atomic E-state index is 0.0256. The van der Waals surface area contributed by atoms with Crippen LogP contribution in [-0.4, -0.2) is 24.8 Å². The number of hydrogen-bond donors (Lipinski definition) is 0. The van der Waals surface area contributed by atoms with Gasteiger partial charge in [0.2, 0.25) is 5.88 Å². The summed E-state index contributed by atoms with van der Waals surface area (Å²) < 4.78 is 43.9. The quantitative estimate of drug-likeness (QED) is 0.314. The number of pyridine rings is 1. The van der Waals surface area contributed by atoms with Crippen LogP contribution in [0.15, 0.2) is 53.1 Å². The molecule has 0 saturated heterocycles. The summed E-state index contributed by atoms with van der Waals surface area (Å²) in [6.07, 6.45) is 0.914. The van der Waals surface area contributed by atoms with Crippen molar-refractivity contribution in [2.75, 3.05) is 6.26 Å². The highest BCUT2D eigenvalue weighted by molar-refractivity contribution is 7.86. The fraction of sp³-hybridized carbons (Fsp3) is 0.0952. The zero-order chi connectivity index (χ0) is 23.6. The van der Waals surface area contributed by atoms with E-state index >= 15 is 0 Å². The first kappa shape index (κ1) is 22.7. The molecule has 2 heterocycles. The van der Waals surface area contributed by atoms with E-state index < -0.39 is 10.1 Å². The van der Waals surface area contributed by atoms with Gasteiger partial charge in [0.05, 0.1) is 28.3 Å².